The zero-order chi connectivity index (χ0) is 16.9. The number of nitrogens with zero attached hydrogens (tertiary/aromatic N) is 3. The number of rotatable bonds is 3. The van der Waals surface area contributed by atoms with Gasteiger partial charge in [0.2, 0.25) is 5.91 Å². The summed E-state index contributed by atoms with van der Waals surface area (Å²) in [5, 5.41) is 8.97. The lowest BCUT2D eigenvalue weighted by atomic mass is 9.94. The van der Waals surface area contributed by atoms with Gasteiger partial charge in [-0.15, -0.1) is 0 Å². The smallest absolute Gasteiger partial charge is 0.236 e. The number of aryl methyl sites for hydroxylation is 1. The third-order valence-electron chi connectivity index (χ3n) is 4.72. The van der Waals surface area contributed by atoms with Crippen molar-refractivity contribution < 1.29 is 9.53 Å². The fourth-order valence-electron chi connectivity index (χ4n) is 3.30. The molecule has 0 bridgehead atoms. The average Bonchev–Trinajstić information content (AvgIpc) is 2.63. The Balaban J connectivity index is 1.60. The molecule has 0 radical (unpaired) electrons. The van der Waals surface area contributed by atoms with Crippen LogP contribution in [0.2, 0.25) is 0 Å². The van der Waals surface area contributed by atoms with Crippen molar-refractivity contribution in [3.63, 3.8) is 0 Å². The zero-order valence-corrected chi connectivity index (χ0v) is 14.1. The van der Waals surface area contributed by atoms with E-state index in [2.05, 4.69) is 17.0 Å². The van der Waals surface area contributed by atoms with Crippen LogP contribution >= 0.6 is 0 Å². The number of hydrogen-bond acceptors (Lipinski definition) is 4. The van der Waals surface area contributed by atoms with Crippen LogP contribution in [0.15, 0.2) is 24.3 Å². The van der Waals surface area contributed by atoms with Crippen molar-refractivity contribution in [1.29, 1.82) is 5.26 Å². The number of morpholine rings is 1. The molecular weight excluding hydrogens is 302 g/mol. The minimum absolute atomic E-state index is 0.199. The van der Waals surface area contributed by atoms with Gasteiger partial charge >= 0.3 is 0 Å². The summed E-state index contributed by atoms with van der Waals surface area (Å²) in [6.07, 6.45) is 3.15. The first-order valence-electron chi connectivity index (χ1n) is 8.45. The first-order chi connectivity index (χ1) is 11.7. The third kappa shape index (κ3) is 3.84. The normalized spacial score (nSPS) is 18.8. The van der Waals surface area contributed by atoms with Gasteiger partial charge in [-0.25, -0.2) is 0 Å². The molecule has 0 aromatic heterocycles. The van der Waals surface area contributed by atoms with E-state index in [0.29, 0.717) is 38.4 Å². The summed E-state index contributed by atoms with van der Waals surface area (Å²) in [6, 6.07) is 8.02. The van der Waals surface area contributed by atoms with Crippen LogP contribution < -0.4 is 0 Å². The highest BCUT2D eigenvalue weighted by Crippen LogP contribution is 2.25. The minimum Gasteiger partial charge on any atom is -0.378 e. The van der Waals surface area contributed by atoms with E-state index in [1.165, 1.54) is 11.1 Å². The molecule has 24 heavy (non-hydrogen) atoms. The number of carbonyl (C=O) groups excluding carboxylic acids is 1. The van der Waals surface area contributed by atoms with Crippen molar-refractivity contribution in [2.45, 2.75) is 13.3 Å². The second kappa shape index (κ2) is 7.61. The average molecular weight is 325 g/mol. The standard InChI is InChI=1S/C19H23N3O2/c1-15-12-16(13-20)2-3-18(15)17-4-6-21(7-5-17)14-19(23)22-8-10-24-11-9-22/h2-4,12H,5-11,14H2,1H3. The molecule has 126 valence electrons. The van der Waals surface area contributed by atoms with Gasteiger partial charge < -0.3 is 9.64 Å². The maximum Gasteiger partial charge on any atom is 0.236 e. The highest BCUT2D eigenvalue weighted by Gasteiger charge is 2.21. The van der Waals surface area contributed by atoms with Crippen LogP contribution in [-0.2, 0) is 9.53 Å². The van der Waals surface area contributed by atoms with Crippen LogP contribution in [0.1, 0.15) is 23.1 Å². The molecule has 0 atom stereocenters. The van der Waals surface area contributed by atoms with Gasteiger partial charge in [0.05, 0.1) is 31.4 Å². The second-order valence-electron chi connectivity index (χ2n) is 6.35. The van der Waals surface area contributed by atoms with Gasteiger partial charge in [-0.3, -0.25) is 9.69 Å². The Labute approximate surface area is 143 Å². The van der Waals surface area contributed by atoms with Crippen molar-refractivity contribution in [1.82, 2.24) is 9.80 Å². The molecule has 2 aliphatic heterocycles. The highest BCUT2D eigenvalue weighted by molar-refractivity contribution is 5.78. The molecule has 3 rings (SSSR count). The van der Waals surface area contributed by atoms with E-state index in [4.69, 9.17) is 10.00 Å². The van der Waals surface area contributed by atoms with Gasteiger partial charge in [-0.2, -0.15) is 5.26 Å². The SMILES string of the molecule is Cc1cc(C#N)ccc1C1=CCN(CC(=O)N2CCOCC2)CC1. The Kier molecular flexibility index (Phi) is 5.29. The van der Waals surface area contributed by atoms with Gasteiger partial charge in [0.15, 0.2) is 0 Å². The van der Waals surface area contributed by atoms with Crippen LogP contribution in [0, 0.1) is 18.3 Å². The number of benzene rings is 1. The molecule has 1 amide bonds. The molecule has 0 N–H and O–H groups in total. The molecule has 5 nitrogen and oxygen atoms in total. The van der Waals surface area contributed by atoms with Gasteiger partial charge in [0, 0.05) is 26.2 Å². The molecule has 2 aliphatic rings. The number of hydrogen-bond donors (Lipinski definition) is 0. The molecule has 0 saturated carbocycles. The minimum atomic E-state index is 0.199. The molecule has 1 aromatic carbocycles. The van der Waals surface area contributed by atoms with Gasteiger partial charge in [0.25, 0.3) is 0 Å². The quantitative estimate of drug-likeness (QED) is 0.850. The van der Waals surface area contributed by atoms with E-state index in [-0.39, 0.29) is 5.91 Å². The lowest BCUT2D eigenvalue weighted by Gasteiger charge is -2.31. The summed E-state index contributed by atoms with van der Waals surface area (Å²) in [7, 11) is 0. The largest absolute Gasteiger partial charge is 0.378 e. The van der Waals surface area contributed by atoms with Crippen LogP contribution in [-0.4, -0.2) is 61.6 Å². The van der Waals surface area contributed by atoms with Crippen molar-refractivity contribution in [2.24, 2.45) is 0 Å². The summed E-state index contributed by atoms with van der Waals surface area (Å²) in [5.41, 5.74) is 4.36. The number of amides is 1. The highest BCUT2D eigenvalue weighted by atomic mass is 16.5. The fourth-order valence-corrected chi connectivity index (χ4v) is 3.30. The molecule has 2 heterocycles. The lowest BCUT2D eigenvalue weighted by Crippen LogP contribution is -2.46. The van der Waals surface area contributed by atoms with E-state index in [1.807, 2.05) is 30.0 Å². The summed E-state index contributed by atoms with van der Waals surface area (Å²) in [5.74, 6) is 0.199. The maximum absolute atomic E-state index is 12.3. The van der Waals surface area contributed by atoms with Gasteiger partial charge in [-0.05, 0) is 42.2 Å². The fraction of sp³-hybridized carbons (Fsp3) is 0.474. The Morgan fingerprint density at radius 3 is 2.71 bits per heavy atom. The van der Waals surface area contributed by atoms with Crippen LogP contribution in [0.3, 0.4) is 0 Å². The van der Waals surface area contributed by atoms with Crippen molar-refractivity contribution in [3.8, 4) is 6.07 Å². The van der Waals surface area contributed by atoms with E-state index in [0.717, 1.165) is 25.1 Å². The van der Waals surface area contributed by atoms with Gasteiger partial charge in [0.1, 0.15) is 0 Å². The first-order valence-corrected chi connectivity index (χ1v) is 8.45. The predicted molar refractivity (Wildman–Crippen MR) is 92.3 cm³/mol. The predicted octanol–water partition coefficient (Wildman–Crippen LogP) is 1.81. The lowest BCUT2D eigenvalue weighted by molar-refractivity contribution is -0.136. The van der Waals surface area contributed by atoms with E-state index < -0.39 is 0 Å². The monoisotopic (exact) mass is 325 g/mol. The molecule has 0 aliphatic carbocycles. The van der Waals surface area contributed by atoms with Gasteiger partial charge in [-0.1, -0.05) is 12.1 Å². The Hall–Kier alpha value is -2.16. The summed E-state index contributed by atoms with van der Waals surface area (Å²) in [4.78, 5) is 16.4. The maximum atomic E-state index is 12.3. The molecule has 1 fully saturated rings. The first kappa shape index (κ1) is 16.7. The number of nitriles is 1. The van der Waals surface area contributed by atoms with E-state index >= 15 is 0 Å². The van der Waals surface area contributed by atoms with Crippen LogP contribution in [0.25, 0.3) is 5.57 Å². The topological polar surface area (TPSA) is 56.6 Å². The Morgan fingerprint density at radius 2 is 2.08 bits per heavy atom. The van der Waals surface area contributed by atoms with Crippen molar-refractivity contribution >= 4 is 11.5 Å². The van der Waals surface area contributed by atoms with E-state index in [9.17, 15) is 4.79 Å². The molecule has 5 heteroatoms. The molecule has 0 spiro atoms. The number of ether oxygens (including phenoxy) is 1. The zero-order valence-electron chi connectivity index (χ0n) is 14.1. The van der Waals surface area contributed by atoms with Crippen molar-refractivity contribution in [3.05, 3.63) is 41.0 Å². The Morgan fingerprint density at radius 1 is 1.29 bits per heavy atom. The summed E-state index contributed by atoms with van der Waals surface area (Å²) >= 11 is 0. The second-order valence-corrected chi connectivity index (χ2v) is 6.35. The van der Waals surface area contributed by atoms with Crippen LogP contribution in [0.5, 0.6) is 0 Å². The summed E-state index contributed by atoms with van der Waals surface area (Å²) < 4.78 is 5.29. The molecule has 1 saturated heterocycles. The van der Waals surface area contributed by atoms with E-state index in [1.54, 1.807) is 0 Å². The van der Waals surface area contributed by atoms with Crippen molar-refractivity contribution in [2.75, 3.05) is 45.9 Å². The molecule has 1 aromatic rings. The molecular formula is C19H23N3O2. The number of carbonyl (C=O) groups is 1. The summed E-state index contributed by atoms with van der Waals surface area (Å²) in [6.45, 7) is 6.92. The van der Waals surface area contributed by atoms with Crippen LogP contribution in [0.4, 0.5) is 0 Å². The third-order valence-corrected chi connectivity index (χ3v) is 4.72. The molecule has 0 unspecified atom stereocenters. The Bertz CT molecular complexity index is 684.